The monoisotopic (exact) mass is 417 g/mol. The Morgan fingerprint density at radius 2 is 1.89 bits per heavy atom. The lowest BCUT2D eigenvalue weighted by molar-refractivity contribution is 0.356. The van der Waals surface area contributed by atoms with E-state index in [-0.39, 0.29) is 0 Å². The molecule has 0 spiro atoms. The molecule has 28 heavy (non-hydrogen) atoms. The number of para-hydroxylation sites is 1. The van der Waals surface area contributed by atoms with E-state index in [4.69, 9.17) is 37.8 Å². The molecule has 0 saturated carbocycles. The van der Waals surface area contributed by atoms with Crippen LogP contribution in [-0.2, 0) is 6.42 Å². The van der Waals surface area contributed by atoms with Gasteiger partial charge in [0.25, 0.3) is 0 Å². The standard InChI is InChI=1S/C21H21Cl2N3O2/c1-27-18-8-5-7-14(20(18)28-2)19-15-6-3-4-11-24-21(15)26(25-19)13-9-10-16(22)17(23)12-13/h5,7-10,12,24H,3-4,6,11H2,1-2H3. The van der Waals surface area contributed by atoms with E-state index in [1.807, 2.05) is 35.0 Å². The molecule has 0 amide bonds. The predicted molar refractivity (Wildman–Crippen MR) is 114 cm³/mol. The Morgan fingerprint density at radius 1 is 1.04 bits per heavy atom. The Kier molecular flexibility index (Phi) is 5.38. The van der Waals surface area contributed by atoms with E-state index in [1.165, 1.54) is 0 Å². The largest absolute Gasteiger partial charge is 0.493 e. The lowest BCUT2D eigenvalue weighted by atomic mass is 10.0. The van der Waals surface area contributed by atoms with Gasteiger partial charge in [0, 0.05) is 17.7 Å². The Labute approximate surface area is 174 Å². The molecule has 146 valence electrons. The van der Waals surface area contributed by atoms with Crippen molar-refractivity contribution in [3.63, 3.8) is 0 Å². The van der Waals surface area contributed by atoms with Gasteiger partial charge in [-0.25, -0.2) is 4.68 Å². The van der Waals surface area contributed by atoms with Gasteiger partial charge in [0.15, 0.2) is 11.5 Å². The van der Waals surface area contributed by atoms with E-state index < -0.39 is 0 Å². The first-order valence-corrected chi connectivity index (χ1v) is 9.92. The second-order valence-corrected chi connectivity index (χ2v) is 7.43. The van der Waals surface area contributed by atoms with Crippen LogP contribution in [0.3, 0.4) is 0 Å². The normalized spacial score (nSPS) is 13.4. The van der Waals surface area contributed by atoms with Gasteiger partial charge in [-0.05, 0) is 49.6 Å². The fourth-order valence-corrected chi connectivity index (χ4v) is 3.89. The highest BCUT2D eigenvalue weighted by Crippen LogP contribution is 2.42. The molecule has 0 unspecified atom stereocenters. The summed E-state index contributed by atoms with van der Waals surface area (Å²) in [4.78, 5) is 0. The minimum Gasteiger partial charge on any atom is -0.493 e. The van der Waals surface area contributed by atoms with E-state index in [9.17, 15) is 0 Å². The summed E-state index contributed by atoms with van der Waals surface area (Å²) < 4.78 is 13.0. The Bertz CT molecular complexity index is 1020. The third-order valence-electron chi connectivity index (χ3n) is 4.94. The van der Waals surface area contributed by atoms with Crippen molar-refractivity contribution in [2.24, 2.45) is 0 Å². The number of halogens is 2. The van der Waals surface area contributed by atoms with Gasteiger partial charge in [0.2, 0.25) is 0 Å². The van der Waals surface area contributed by atoms with Gasteiger partial charge in [-0.3, -0.25) is 0 Å². The molecule has 0 bridgehead atoms. The molecular weight excluding hydrogens is 397 g/mol. The van der Waals surface area contributed by atoms with Crippen molar-refractivity contribution in [1.82, 2.24) is 9.78 Å². The molecule has 5 nitrogen and oxygen atoms in total. The molecule has 0 aliphatic carbocycles. The quantitative estimate of drug-likeness (QED) is 0.598. The molecule has 0 fully saturated rings. The minimum atomic E-state index is 0.498. The molecule has 4 rings (SSSR count). The molecule has 1 N–H and O–H groups in total. The third-order valence-corrected chi connectivity index (χ3v) is 5.67. The Hall–Kier alpha value is -2.37. The lowest BCUT2D eigenvalue weighted by Gasteiger charge is -2.12. The number of hydrogen-bond acceptors (Lipinski definition) is 4. The Balaban J connectivity index is 1.95. The molecule has 2 heterocycles. The summed E-state index contributed by atoms with van der Waals surface area (Å²) in [7, 11) is 3.28. The number of benzene rings is 2. The molecule has 1 aliphatic rings. The molecule has 0 atom stereocenters. The van der Waals surface area contributed by atoms with Crippen LogP contribution in [0.4, 0.5) is 5.82 Å². The number of anilines is 1. The molecule has 7 heteroatoms. The average molecular weight is 418 g/mol. The molecule has 1 aliphatic heterocycles. The fraction of sp³-hybridized carbons (Fsp3) is 0.286. The van der Waals surface area contributed by atoms with Gasteiger partial charge >= 0.3 is 0 Å². The second-order valence-electron chi connectivity index (χ2n) is 6.61. The van der Waals surface area contributed by atoms with Crippen LogP contribution < -0.4 is 14.8 Å². The SMILES string of the molecule is COc1cccc(-c2nn(-c3ccc(Cl)c(Cl)c3)c3c2CCCCN3)c1OC. The number of rotatable bonds is 4. The summed E-state index contributed by atoms with van der Waals surface area (Å²) in [5, 5.41) is 9.50. The number of ether oxygens (including phenoxy) is 2. The molecule has 1 aromatic heterocycles. The van der Waals surface area contributed by atoms with E-state index in [2.05, 4.69) is 5.32 Å². The van der Waals surface area contributed by atoms with Crippen molar-refractivity contribution in [3.05, 3.63) is 52.0 Å². The molecular formula is C21H21Cl2N3O2. The molecule has 0 saturated heterocycles. The molecule has 0 radical (unpaired) electrons. The van der Waals surface area contributed by atoms with Crippen molar-refractivity contribution < 1.29 is 9.47 Å². The van der Waals surface area contributed by atoms with Gasteiger partial charge in [0.1, 0.15) is 11.5 Å². The first-order chi connectivity index (χ1) is 13.6. The summed E-state index contributed by atoms with van der Waals surface area (Å²) in [6.07, 6.45) is 3.12. The van der Waals surface area contributed by atoms with E-state index in [1.54, 1.807) is 20.3 Å². The highest BCUT2D eigenvalue weighted by Gasteiger charge is 2.25. The zero-order chi connectivity index (χ0) is 19.7. The van der Waals surface area contributed by atoms with E-state index in [0.717, 1.165) is 54.1 Å². The van der Waals surface area contributed by atoms with Gasteiger partial charge in [-0.1, -0.05) is 29.3 Å². The van der Waals surface area contributed by atoms with Crippen molar-refractivity contribution in [3.8, 4) is 28.4 Å². The highest BCUT2D eigenvalue weighted by molar-refractivity contribution is 6.42. The summed E-state index contributed by atoms with van der Waals surface area (Å²) >= 11 is 12.4. The van der Waals surface area contributed by atoms with Crippen LogP contribution in [0.25, 0.3) is 16.9 Å². The van der Waals surface area contributed by atoms with Crippen molar-refractivity contribution in [2.75, 3.05) is 26.1 Å². The average Bonchev–Trinajstić information content (AvgIpc) is 2.90. The zero-order valence-electron chi connectivity index (χ0n) is 15.8. The minimum absolute atomic E-state index is 0.498. The van der Waals surface area contributed by atoms with Crippen LogP contribution in [0.2, 0.25) is 10.0 Å². The van der Waals surface area contributed by atoms with E-state index in [0.29, 0.717) is 21.5 Å². The number of hydrogen-bond donors (Lipinski definition) is 1. The first kappa shape index (κ1) is 19.0. The summed E-state index contributed by atoms with van der Waals surface area (Å²) in [6.45, 7) is 0.898. The highest BCUT2D eigenvalue weighted by atomic mass is 35.5. The maximum absolute atomic E-state index is 6.26. The van der Waals surface area contributed by atoms with Crippen LogP contribution in [0.5, 0.6) is 11.5 Å². The van der Waals surface area contributed by atoms with Gasteiger partial charge in [0.05, 0.1) is 30.0 Å². The van der Waals surface area contributed by atoms with Crippen LogP contribution in [0, 0.1) is 0 Å². The van der Waals surface area contributed by atoms with Crippen molar-refractivity contribution in [1.29, 1.82) is 0 Å². The third kappa shape index (κ3) is 3.29. The number of fused-ring (bicyclic) bond motifs is 1. The Morgan fingerprint density at radius 3 is 2.64 bits per heavy atom. The summed E-state index contributed by atoms with van der Waals surface area (Å²) in [5.74, 6) is 2.34. The maximum atomic E-state index is 6.26. The predicted octanol–water partition coefficient (Wildman–Crippen LogP) is 5.61. The number of aromatic nitrogens is 2. The number of nitrogens with one attached hydrogen (secondary N) is 1. The van der Waals surface area contributed by atoms with Crippen LogP contribution in [0.1, 0.15) is 18.4 Å². The second kappa shape index (κ2) is 7.94. The van der Waals surface area contributed by atoms with Gasteiger partial charge in [-0.2, -0.15) is 5.10 Å². The zero-order valence-corrected chi connectivity index (χ0v) is 17.3. The smallest absolute Gasteiger partial charge is 0.170 e. The summed E-state index contributed by atoms with van der Waals surface area (Å²) in [5.41, 5.74) is 3.80. The topological polar surface area (TPSA) is 48.3 Å². The van der Waals surface area contributed by atoms with Crippen LogP contribution in [-0.4, -0.2) is 30.5 Å². The van der Waals surface area contributed by atoms with E-state index >= 15 is 0 Å². The van der Waals surface area contributed by atoms with Crippen molar-refractivity contribution >= 4 is 29.0 Å². The van der Waals surface area contributed by atoms with Crippen molar-refractivity contribution in [2.45, 2.75) is 19.3 Å². The number of nitrogens with zero attached hydrogens (tertiary/aromatic N) is 2. The first-order valence-electron chi connectivity index (χ1n) is 9.16. The fourth-order valence-electron chi connectivity index (χ4n) is 3.60. The maximum Gasteiger partial charge on any atom is 0.170 e. The molecule has 2 aromatic carbocycles. The summed E-state index contributed by atoms with van der Waals surface area (Å²) in [6, 6.07) is 11.4. The van der Waals surface area contributed by atoms with Gasteiger partial charge in [-0.15, -0.1) is 0 Å². The lowest BCUT2D eigenvalue weighted by Crippen LogP contribution is -2.07. The van der Waals surface area contributed by atoms with Gasteiger partial charge < -0.3 is 14.8 Å². The van der Waals surface area contributed by atoms with Crippen LogP contribution in [0.15, 0.2) is 36.4 Å². The van der Waals surface area contributed by atoms with Crippen LogP contribution >= 0.6 is 23.2 Å². The number of methoxy groups -OCH3 is 2. The molecule has 3 aromatic rings.